The molecular weight excluding hydrogens is 450 g/mol. The molecule has 1 saturated heterocycles. The SMILES string of the molecule is CC1CCN(C(=O)c2ccc(NCC(=O)Nc3ccc(OCCCc4ccccc4)cc3)cc2)CC1. The zero-order chi connectivity index (χ0) is 25.2. The van der Waals surface area contributed by atoms with Crippen molar-refractivity contribution < 1.29 is 14.3 Å². The molecule has 0 bridgehead atoms. The fourth-order valence-corrected chi connectivity index (χ4v) is 4.26. The fraction of sp³-hybridized carbons (Fsp3) is 0.333. The van der Waals surface area contributed by atoms with Crippen LogP contribution in [0.4, 0.5) is 11.4 Å². The number of rotatable bonds is 10. The van der Waals surface area contributed by atoms with E-state index in [0.29, 0.717) is 18.1 Å². The average molecular weight is 486 g/mol. The van der Waals surface area contributed by atoms with Gasteiger partial charge in [-0.1, -0.05) is 37.3 Å². The van der Waals surface area contributed by atoms with Crippen LogP contribution in [0.5, 0.6) is 5.75 Å². The van der Waals surface area contributed by atoms with Crippen LogP contribution in [0.1, 0.15) is 42.1 Å². The lowest BCUT2D eigenvalue weighted by Crippen LogP contribution is -2.37. The summed E-state index contributed by atoms with van der Waals surface area (Å²) in [5.41, 5.74) is 3.51. The Hall–Kier alpha value is -3.80. The van der Waals surface area contributed by atoms with Gasteiger partial charge < -0.3 is 20.3 Å². The maximum Gasteiger partial charge on any atom is 0.253 e. The van der Waals surface area contributed by atoms with Gasteiger partial charge in [0.05, 0.1) is 13.2 Å². The van der Waals surface area contributed by atoms with Gasteiger partial charge in [0.2, 0.25) is 5.91 Å². The quantitative estimate of drug-likeness (QED) is 0.366. The number of carbonyl (C=O) groups is 2. The van der Waals surface area contributed by atoms with E-state index in [1.807, 2.05) is 71.6 Å². The summed E-state index contributed by atoms with van der Waals surface area (Å²) in [7, 11) is 0. The van der Waals surface area contributed by atoms with Crippen LogP contribution in [0.2, 0.25) is 0 Å². The summed E-state index contributed by atoms with van der Waals surface area (Å²) in [4.78, 5) is 27.0. The number of hydrogen-bond donors (Lipinski definition) is 2. The van der Waals surface area contributed by atoms with Crippen molar-refractivity contribution in [3.8, 4) is 5.75 Å². The Morgan fingerprint density at radius 2 is 1.56 bits per heavy atom. The summed E-state index contributed by atoms with van der Waals surface area (Å²) in [5, 5.41) is 6.00. The highest BCUT2D eigenvalue weighted by Gasteiger charge is 2.21. The molecule has 1 aliphatic rings. The zero-order valence-corrected chi connectivity index (χ0v) is 20.9. The van der Waals surface area contributed by atoms with Crippen molar-refractivity contribution in [2.45, 2.75) is 32.6 Å². The molecule has 0 unspecified atom stereocenters. The Morgan fingerprint density at radius 1 is 0.889 bits per heavy atom. The molecule has 3 aromatic carbocycles. The predicted octanol–water partition coefficient (Wildman–Crippen LogP) is 5.62. The average Bonchev–Trinajstić information content (AvgIpc) is 2.92. The van der Waals surface area contributed by atoms with Gasteiger partial charge in [0.15, 0.2) is 0 Å². The molecule has 6 nitrogen and oxygen atoms in total. The molecule has 6 heteroatoms. The van der Waals surface area contributed by atoms with E-state index in [0.717, 1.165) is 55.9 Å². The number of hydrogen-bond acceptors (Lipinski definition) is 4. The van der Waals surface area contributed by atoms with Gasteiger partial charge in [0, 0.05) is 30.0 Å². The minimum Gasteiger partial charge on any atom is -0.494 e. The van der Waals surface area contributed by atoms with E-state index < -0.39 is 0 Å². The van der Waals surface area contributed by atoms with E-state index in [-0.39, 0.29) is 18.4 Å². The number of piperidine rings is 1. The van der Waals surface area contributed by atoms with Crippen molar-refractivity contribution >= 4 is 23.2 Å². The van der Waals surface area contributed by atoms with Crippen LogP contribution in [0.25, 0.3) is 0 Å². The monoisotopic (exact) mass is 485 g/mol. The Morgan fingerprint density at radius 3 is 2.25 bits per heavy atom. The third-order valence-corrected chi connectivity index (χ3v) is 6.52. The van der Waals surface area contributed by atoms with Crippen molar-refractivity contribution in [3.05, 3.63) is 90.0 Å². The molecule has 3 aromatic rings. The number of anilines is 2. The second kappa shape index (κ2) is 12.8. The van der Waals surface area contributed by atoms with Gasteiger partial charge in [-0.15, -0.1) is 0 Å². The van der Waals surface area contributed by atoms with Gasteiger partial charge >= 0.3 is 0 Å². The molecule has 0 radical (unpaired) electrons. The molecule has 0 saturated carbocycles. The highest BCUT2D eigenvalue weighted by molar-refractivity contribution is 5.95. The number of nitrogens with zero attached hydrogens (tertiary/aromatic N) is 1. The van der Waals surface area contributed by atoms with E-state index in [4.69, 9.17) is 4.74 Å². The lowest BCUT2D eigenvalue weighted by Gasteiger charge is -2.30. The van der Waals surface area contributed by atoms with E-state index in [1.54, 1.807) is 0 Å². The molecule has 0 atom stereocenters. The van der Waals surface area contributed by atoms with Crippen molar-refractivity contribution in [3.63, 3.8) is 0 Å². The second-order valence-electron chi connectivity index (χ2n) is 9.42. The number of nitrogens with one attached hydrogen (secondary N) is 2. The van der Waals surface area contributed by atoms with Crippen molar-refractivity contribution in [1.82, 2.24) is 4.90 Å². The molecule has 0 aromatic heterocycles. The van der Waals surface area contributed by atoms with Crippen molar-refractivity contribution in [2.75, 3.05) is 36.9 Å². The minimum atomic E-state index is -0.144. The van der Waals surface area contributed by atoms with Crippen molar-refractivity contribution in [2.24, 2.45) is 5.92 Å². The van der Waals surface area contributed by atoms with Gasteiger partial charge in [0.1, 0.15) is 5.75 Å². The Balaban J connectivity index is 1.16. The van der Waals surface area contributed by atoms with Crippen molar-refractivity contribution in [1.29, 1.82) is 0 Å². The molecule has 1 aliphatic heterocycles. The van der Waals surface area contributed by atoms with E-state index in [1.165, 1.54) is 5.56 Å². The maximum atomic E-state index is 12.7. The highest BCUT2D eigenvalue weighted by Crippen LogP contribution is 2.19. The first-order chi connectivity index (χ1) is 17.6. The molecule has 0 aliphatic carbocycles. The standard InChI is InChI=1S/C30H35N3O3/c1-23-17-19-33(20-18-23)30(35)25-9-11-26(12-10-25)31-22-29(34)32-27-13-15-28(16-14-27)36-21-5-8-24-6-3-2-4-7-24/h2-4,6-7,9-16,23,31H,5,8,17-22H2,1H3,(H,32,34). The summed E-state index contributed by atoms with van der Waals surface area (Å²) in [6, 6.07) is 25.1. The maximum absolute atomic E-state index is 12.7. The van der Waals surface area contributed by atoms with Crippen LogP contribution in [0, 0.1) is 5.92 Å². The second-order valence-corrected chi connectivity index (χ2v) is 9.42. The summed E-state index contributed by atoms with van der Waals surface area (Å²) < 4.78 is 5.81. The van der Waals surface area contributed by atoms with Gasteiger partial charge in [-0.25, -0.2) is 0 Å². The Kier molecular flexibility index (Phi) is 8.98. The number of carbonyl (C=O) groups excluding carboxylic acids is 2. The first-order valence-corrected chi connectivity index (χ1v) is 12.8. The molecule has 36 heavy (non-hydrogen) atoms. The Labute approximate surface area is 213 Å². The van der Waals surface area contributed by atoms with E-state index in [2.05, 4.69) is 29.7 Å². The summed E-state index contributed by atoms with van der Waals surface area (Å²) >= 11 is 0. The summed E-state index contributed by atoms with van der Waals surface area (Å²) in [6.45, 7) is 4.65. The van der Waals surface area contributed by atoms with E-state index >= 15 is 0 Å². The topological polar surface area (TPSA) is 70.7 Å². The first kappa shape index (κ1) is 25.3. The summed E-state index contributed by atoms with van der Waals surface area (Å²) in [6.07, 6.45) is 4.05. The molecule has 2 amide bonds. The lowest BCUT2D eigenvalue weighted by molar-refractivity contribution is -0.114. The fourth-order valence-electron chi connectivity index (χ4n) is 4.26. The number of likely N-dealkylation sites (tertiary alicyclic amines) is 1. The number of aryl methyl sites for hydroxylation is 1. The minimum absolute atomic E-state index is 0.0785. The molecule has 2 N–H and O–H groups in total. The lowest BCUT2D eigenvalue weighted by atomic mass is 9.98. The zero-order valence-electron chi connectivity index (χ0n) is 20.9. The molecule has 1 heterocycles. The number of ether oxygens (including phenoxy) is 1. The molecule has 188 valence electrons. The van der Waals surface area contributed by atoms with E-state index in [9.17, 15) is 9.59 Å². The Bertz CT molecular complexity index is 1110. The number of benzene rings is 3. The van der Waals surface area contributed by atoms with Crippen LogP contribution in [0.3, 0.4) is 0 Å². The molecule has 0 spiro atoms. The third-order valence-electron chi connectivity index (χ3n) is 6.52. The van der Waals surface area contributed by atoms with Crippen LogP contribution >= 0.6 is 0 Å². The number of amides is 2. The normalized spacial score (nSPS) is 13.8. The predicted molar refractivity (Wildman–Crippen MR) is 145 cm³/mol. The molecular formula is C30H35N3O3. The largest absolute Gasteiger partial charge is 0.494 e. The van der Waals surface area contributed by atoms with Gasteiger partial charge in [0.25, 0.3) is 5.91 Å². The van der Waals surface area contributed by atoms with Crippen LogP contribution < -0.4 is 15.4 Å². The van der Waals surface area contributed by atoms with Gasteiger partial charge in [-0.2, -0.15) is 0 Å². The van der Waals surface area contributed by atoms with Crippen LogP contribution in [-0.4, -0.2) is 43.0 Å². The molecule has 4 rings (SSSR count). The first-order valence-electron chi connectivity index (χ1n) is 12.8. The van der Waals surface area contributed by atoms with Crippen LogP contribution in [0.15, 0.2) is 78.9 Å². The summed E-state index contributed by atoms with van der Waals surface area (Å²) in [5.74, 6) is 1.41. The van der Waals surface area contributed by atoms with Gasteiger partial charge in [-0.05, 0) is 85.7 Å². The third kappa shape index (κ3) is 7.60. The molecule has 1 fully saturated rings. The van der Waals surface area contributed by atoms with Crippen LogP contribution in [-0.2, 0) is 11.2 Å². The smallest absolute Gasteiger partial charge is 0.253 e. The van der Waals surface area contributed by atoms with Gasteiger partial charge in [-0.3, -0.25) is 9.59 Å². The highest BCUT2D eigenvalue weighted by atomic mass is 16.5.